The van der Waals surface area contributed by atoms with Gasteiger partial charge in [0, 0.05) is 38.1 Å². The molecule has 2 heterocycles. The van der Waals surface area contributed by atoms with E-state index in [1.165, 1.54) is 0 Å². The number of nitrogens with one attached hydrogen (secondary N) is 2. The lowest BCUT2D eigenvalue weighted by Crippen LogP contribution is -2.48. The SMILES string of the molecule is CC(C)(CN1CCNCC1)c1nc2ccccc2[nH]1. The van der Waals surface area contributed by atoms with Gasteiger partial charge in [-0.15, -0.1) is 0 Å². The maximum atomic E-state index is 4.75. The lowest BCUT2D eigenvalue weighted by molar-refractivity contribution is 0.196. The fourth-order valence-electron chi connectivity index (χ4n) is 2.78. The number of hydrogen-bond donors (Lipinski definition) is 2. The van der Waals surface area contributed by atoms with Gasteiger partial charge in [0.2, 0.25) is 0 Å². The van der Waals surface area contributed by atoms with E-state index in [0.29, 0.717) is 0 Å². The van der Waals surface area contributed by atoms with E-state index >= 15 is 0 Å². The Morgan fingerprint density at radius 2 is 1.95 bits per heavy atom. The third kappa shape index (κ3) is 2.65. The maximum Gasteiger partial charge on any atom is 0.114 e. The van der Waals surface area contributed by atoms with Crippen LogP contribution in [-0.4, -0.2) is 47.6 Å². The van der Waals surface area contributed by atoms with Crippen molar-refractivity contribution in [3.05, 3.63) is 30.1 Å². The van der Waals surface area contributed by atoms with Crippen LogP contribution in [0.15, 0.2) is 24.3 Å². The van der Waals surface area contributed by atoms with E-state index in [9.17, 15) is 0 Å². The molecular weight excluding hydrogens is 236 g/mol. The predicted molar refractivity (Wildman–Crippen MR) is 78.4 cm³/mol. The molecule has 1 aliphatic rings. The summed E-state index contributed by atoms with van der Waals surface area (Å²) in [6.45, 7) is 10.0. The highest BCUT2D eigenvalue weighted by Gasteiger charge is 2.27. The van der Waals surface area contributed by atoms with E-state index in [1.54, 1.807) is 0 Å². The van der Waals surface area contributed by atoms with Crippen molar-refractivity contribution in [2.75, 3.05) is 32.7 Å². The van der Waals surface area contributed by atoms with Gasteiger partial charge >= 0.3 is 0 Å². The molecule has 0 aliphatic carbocycles. The van der Waals surface area contributed by atoms with Crippen molar-refractivity contribution in [1.29, 1.82) is 0 Å². The van der Waals surface area contributed by atoms with Crippen molar-refractivity contribution in [1.82, 2.24) is 20.2 Å². The minimum atomic E-state index is 0.0519. The van der Waals surface area contributed by atoms with Gasteiger partial charge in [-0.2, -0.15) is 0 Å². The fourth-order valence-corrected chi connectivity index (χ4v) is 2.78. The molecular formula is C15H22N4. The molecule has 4 heteroatoms. The highest BCUT2D eigenvalue weighted by Crippen LogP contribution is 2.24. The maximum absolute atomic E-state index is 4.75. The largest absolute Gasteiger partial charge is 0.341 e. The molecule has 1 aromatic carbocycles. The Balaban J connectivity index is 1.81. The molecule has 102 valence electrons. The smallest absolute Gasteiger partial charge is 0.114 e. The Morgan fingerprint density at radius 3 is 2.68 bits per heavy atom. The molecule has 0 atom stereocenters. The first-order valence-corrected chi connectivity index (χ1v) is 7.03. The summed E-state index contributed by atoms with van der Waals surface area (Å²) < 4.78 is 0. The number of para-hydroxylation sites is 2. The number of aromatic amines is 1. The van der Waals surface area contributed by atoms with Gasteiger partial charge < -0.3 is 10.3 Å². The third-order valence-electron chi connectivity index (χ3n) is 3.86. The molecule has 0 saturated carbocycles. The van der Waals surface area contributed by atoms with Crippen LogP contribution in [0.3, 0.4) is 0 Å². The molecule has 1 saturated heterocycles. The number of nitrogens with zero attached hydrogens (tertiary/aromatic N) is 2. The van der Waals surface area contributed by atoms with E-state index in [0.717, 1.165) is 49.6 Å². The number of piperazine rings is 1. The van der Waals surface area contributed by atoms with Gasteiger partial charge in [0.15, 0.2) is 0 Å². The second-order valence-electron chi connectivity index (χ2n) is 6.01. The van der Waals surface area contributed by atoms with Crippen LogP contribution < -0.4 is 5.32 Å². The molecule has 4 nitrogen and oxygen atoms in total. The minimum Gasteiger partial charge on any atom is -0.341 e. The van der Waals surface area contributed by atoms with Crippen LogP contribution in [0.2, 0.25) is 0 Å². The Labute approximate surface area is 114 Å². The molecule has 0 amide bonds. The van der Waals surface area contributed by atoms with Crippen molar-refractivity contribution < 1.29 is 0 Å². The van der Waals surface area contributed by atoms with Gasteiger partial charge in [0.25, 0.3) is 0 Å². The Morgan fingerprint density at radius 1 is 1.21 bits per heavy atom. The van der Waals surface area contributed by atoms with Crippen molar-refractivity contribution in [2.45, 2.75) is 19.3 Å². The average Bonchev–Trinajstić information content (AvgIpc) is 2.84. The number of rotatable bonds is 3. The number of fused-ring (bicyclic) bond motifs is 1. The quantitative estimate of drug-likeness (QED) is 0.881. The van der Waals surface area contributed by atoms with Crippen LogP contribution >= 0.6 is 0 Å². The number of benzene rings is 1. The van der Waals surface area contributed by atoms with Crippen molar-refractivity contribution >= 4 is 11.0 Å². The zero-order valence-electron chi connectivity index (χ0n) is 11.7. The Kier molecular flexibility index (Phi) is 3.29. The first-order chi connectivity index (χ1) is 9.15. The molecule has 19 heavy (non-hydrogen) atoms. The zero-order chi connectivity index (χ0) is 13.3. The molecule has 3 rings (SSSR count). The van der Waals surface area contributed by atoms with Gasteiger partial charge in [-0.3, -0.25) is 4.90 Å². The van der Waals surface area contributed by atoms with E-state index in [4.69, 9.17) is 4.98 Å². The molecule has 1 fully saturated rings. The van der Waals surface area contributed by atoms with Crippen LogP contribution in [0.25, 0.3) is 11.0 Å². The molecule has 0 bridgehead atoms. The number of hydrogen-bond acceptors (Lipinski definition) is 3. The summed E-state index contributed by atoms with van der Waals surface area (Å²) in [4.78, 5) is 10.7. The molecule has 2 aromatic rings. The van der Waals surface area contributed by atoms with Crippen LogP contribution in [0, 0.1) is 0 Å². The lowest BCUT2D eigenvalue weighted by atomic mass is 9.91. The molecule has 1 aromatic heterocycles. The summed E-state index contributed by atoms with van der Waals surface area (Å²) in [5, 5.41) is 3.40. The van der Waals surface area contributed by atoms with Gasteiger partial charge in [-0.25, -0.2) is 4.98 Å². The van der Waals surface area contributed by atoms with Crippen molar-refractivity contribution in [2.24, 2.45) is 0 Å². The fraction of sp³-hybridized carbons (Fsp3) is 0.533. The minimum absolute atomic E-state index is 0.0519. The Hall–Kier alpha value is -1.39. The number of aromatic nitrogens is 2. The second-order valence-corrected chi connectivity index (χ2v) is 6.01. The third-order valence-corrected chi connectivity index (χ3v) is 3.86. The van der Waals surface area contributed by atoms with Crippen molar-refractivity contribution in [3.8, 4) is 0 Å². The van der Waals surface area contributed by atoms with E-state index in [1.807, 2.05) is 12.1 Å². The summed E-state index contributed by atoms with van der Waals surface area (Å²) in [6, 6.07) is 8.24. The monoisotopic (exact) mass is 258 g/mol. The van der Waals surface area contributed by atoms with Crippen LogP contribution in [-0.2, 0) is 5.41 Å². The van der Waals surface area contributed by atoms with Crippen LogP contribution in [0.4, 0.5) is 0 Å². The highest BCUT2D eigenvalue weighted by molar-refractivity contribution is 5.74. The van der Waals surface area contributed by atoms with Gasteiger partial charge in [0.05, 0.1) is 11.0 Å². The summed E-state index contributed by atoms with van der Waals surface area (Å²) in [5.41, 5.74) is 2.24. The van der Waals surface area contributed by atoms with Gasteiger partial charge in [-0.1, -0.05) is 26.0 Å². The lowest BCUT2D eigenvalue weighted by Gasteiger charge is -2.34. The number of imidazole rings is 1. The van der Waals surface area contributed by atoms with E-state index in [2.05, 4.69) is 41.2 Å². The van der Waals surface area contributed by atoms with Gasteiger partial charge in [-0.05, 0) is 12.1 Å². The van der Waals surface area contributed by atoms with Crippen LogP contribution in [0.5, 0.6) is 0 Å². The van der Waals surface area contributed by atoms with E-state index in [-0.39, 0.29) is 5.41 Å². The summed E-state index contributed by atoms with van der Waals surface area (Å²) >= 11 is 0. The first-order valence-electron chi connectivity index (χ1n) is 7.03. The summed E-state index contributed by atoms with van der Waals surface area (Å²) in [6.07, 6.45) is 0. The Bertz CT molecular complexity index is 519. The normalized spacial score (nSPS) is 18.0. The average molecular weight is 258 g/mol. The van der Waals surface area contributed by atoms with Crippen LogP contribution in [0.1, 0.15) is 19.7 Å². The second kappa shape index (κ2) is 4.94. The number of H-pyrrole nitrogens is 1. The predicted octanol–water partition coefficient (Wildman–Crippen LogP) is 1.75. The molecule has 0 spiro atoms. The highest BCUT2D eigenvalue weighted by atomic mass is 15.2. The zero-order valence-corrected chi connectivity index (χ0v) is 11.7. The first kappa shape index (κ1) is 12.6. The summed E-state index contributed by atoms with van der Waals surface area (Å²) in [7, 11) is 0. The van der Waals surface area contributed by atoms with E-state index < -0.39 is 0 Å². The van der Waals surface area contributed by atoms with Gasteiger partial charge in [0.1, 0.15) is 5.82 Å². The molecule has 1 aliphatic heterocycles. The summed E-state index contributed by atoms with van der Waals surface area (Å²) in [5.74, 6) is 1.09. The standard InChI is InChI=1S/C15H22N4/c1-15(2,11-19-9-7-16-8-10-19)14-17-12-5-3-4-6-13(12)18-14/h3-6,16H,7-11H2,1-2H3,(H,17,18). The molecule has 0 unspecified atom stereocenters. The topological polar surface area (TPSA) is 44.0 Å². The van der Waals surface area contributed by atoms with Crippen molar-refractivity contribution in [3.63, 3.8) is 0 Å². The molecule has 2 N–H and O–H groups in total. The molecule has 0 radical (unpaired) electrons.